The number of nitrogens with zero attached hydrogens (tertiary/aromatic N) is 3. The predicted molar refractivity (Wildman–Crippen MR) is 52.3 cm³/mol. The van der Waals surface area contributed by atoms with Crippen molar-refractivity contribution in [3.8, 4) is 0 Å². The molecule has 0 unspecified atom stereocenters. The molecule has 0 amide bonds. The number of aromatic nitrogens is 3. The van der Waals surface area contributed by atoms with E-state index in [1.807, 2.05) is 13.8 Å². The van der Waals surface area contributed by atoms with E-state index >= 15 is 0 Å². The second-order valence-corrected chi connectivity index (χ2v) is 4.23. The summed E-state index contributed by atoms with van der Waals surface area (Å²) in [6.07, 6.45) is 6.81. The number of hydrogen-bond acceptors (Lipinski definition) is 3. The molecule has 1 aliphatic carbocycles. The Labute approximate surface area is 82.6 Å². The van der Waals surface area contributed by atoms with Crippen LogP contribution in [-0.2, 0) is 4.79 Å². The number of allylic oxidation sites excluding steroid dienone is 2. The first-order chi connectivity index (χ1) is 6.59. The third-order valence-corrected chi connectivity index (χ3v) is 2.69. The van der Waals surface area contributed by atoms with Crippen molar-refractivity contribution in [3.05, 3.63) is 18.5 Å². The van der Waals surface area contributed by atoms with Gasteiger partial charge in [0.15, 0.2) is 5.78 Å². The topological polar surface area (TPSA) is 47.8 Å². The highest BCUT2D eigenvalue weighted by Crippen LogP contribution is 2.32. The lowest BCUT2D eigenvalue weighted by Gasteiger charge is -2.26. The number of hydrogen-bond donors (Lipinski definition) is 0. The van der Waals surface area contributed by atoms with Gasteiger partial charge in [-0.05, 0) is 12.8 Å². The maximum atomic E-state index is 11.7. The van der Waals surface area contributed by atoms with E-state index in [0.29, 0.717) is 0 Å². The average Bonchev–Trinajstić information content (AvgIpc) is 2.62. The molecule has 1 heterocycles. The summed E-state index contributed by atoms with van der Waals surface area (Å²) in [4.78, 5) is 11.7. The van der Waals surface area contributed by atoms with Crippen LogP contribution in [0.5, 0.6) is 0 Å². The summed E-state index contributed by atoms with van der Waals surface area (Å²) in [6.45, 7) is 3.95. The van der Waals surface area contributed by atoms with Crippen LogP contribution in [0.4, 0.5) is 0 Å². The Bertz CT molecular complexity index is 376. The van der Waals surface area contributed by atoms with E-state index in [1.54, 1.807) is 23.2 Å². The van der Waals surface area contributed by atoms with Gasteiger partial charge in [-0.25, -0.2) is 4.68 Å². The van der Waals surface area contributed by atoms with Crippen molar-refractivity contribution in [2.75, 3.05) is 0 Å². The Hall–Kier alpha value is -1.45. The standard InChI is InChI=1S/C10H13N3O/c1-10(2)4-3-8(7-9(10)14)13-6-5-11-12-13/h5-7H,3-4H2,1-2H3. The fourth-order valence-electron chi connectivity index (χ4n) is 1.52. The van der Waals surface area contributed by atoms with Gasteiger partial charge in [-0.1, -0.05) is 19.1 Å². The van der Waals surface area contributed by atoms with E-state index < -0.39 is 0 Å². The first-order valence-corrected chi connectivity index (χ1v) is 4.71. The van der Waals surface area contributed by atoms with Gasteiger partial charge in [0.2, 0.25) is 0 Å². The lowest BCUT2D eigenvalue weighted by Crippen LogP contribution is -2.27. The van der Waals surface area contributed by atoms with Crippen molar-refractivity contribution in [1.82, 2.24) is 15.0 Å². The zero-order valence-electron chi connectivity index (χ0n) is 8.40. The Morgan fingerprint density at radius 2 is 2.29 bits per heavy atom. The van der Waals surface area contributed by atoms with Gasteiger partial charge in [0.1, 0.15) is 0 Å². The zero-order valence-corrected chi connectivity index (χ0v) is 8.40. The molecular formula is C10H13N3O. The van der Waals surface area contributed by atoms with Gasteiger partial charge in [-0.3, -0.25) is 4.79 Å². The number of ketones is 1. The highest BCUT2D eigenvalue weighted by Gasteiger charge is 2.30. The molecule has 0 N–H and O–H groups in total. The van der Waals surface area contributed by atoms with Crippen molar-refractivity contribution in [1.29, 1.82) is 0 Å². The molecule has 4 nitrogen and oxygen atoms in total. The number of carbonyl (C=O) groups is 1. The number of rotatable bonds is 1. The van der Waals surface area contributed by atoms with Gasteiger partial charge < -0.3 is 0 Å². The van der Waals surface area contributed by atoms with Crippen LogP contribution in [0.15, 0.2) is 18.5 Å². The van der Waals surface area contributed by atoms with E-state index in [-0.39, 0.29) is 11.2 Å². The molecule has 0 atom stereocenters. The SMILES string of the molecule is CC1(C)CCC(n2ccnn2)=CC1=O. The van der Waals surface area contributed by atoms with Crippen LogP contribution in [0, 0.1) is 5.41 Å². The molecule has 0 radical (unpaired) electrons. The predicted octanol–water partition coefficient (Wildman–Crippen LogP) is 1.51. The van der Waals surface area contributed by atoms with Crippen molar-refractivity contribution >= 4 is 11.5 Å². The van der Waals surface area contributed by atoms with Crippen LogP contribution in [0.1, 0.15) is 26.7 Å². The smallest absolute Gasteiger partial charge is 0.163 e. The Morgan fingerprint density at radius 1 is 1.50 bits per heavy atom. The van der Waals surface area contributed by atoms with Gasteiger partial charge >= 0.3 is 0 Å². The van der Waals surface area contributed by atoms with Gasteiger partial charge in [-0.2, -0.15) is 0 Å². The second-order valence-electron chi connectivity index (χ2n) is 4.23. The molecule has 0 saturated carbocycles. The Kier molecular flexibility index (Phi) is 1.98. The third kappa shape index (κ3) is 1.47. The molecule has 0 fully saturated rings. The van der Waals surface area contributed by atoms with E-state index in [2.05, 4.69) is 10.3 Å². The van der Waals surface area contributed by atoms with Crippen molar-refractivity contribution in [3.63, 3.8) is 0 Å². The maximum absolute atomic E-state index is 11.7. The van der Waals surface area contributed by atoms with Crippen LogP contribution in [0.25, 0.3) is 5.70 Å². The molecule has 0 bridgehead atoms. The van der Waals surface area contributed by atoms with Gasteiger partial charge in [0, 0.05) is 17.2 Å². The number of carbonyl (C=O) groups excluding carboxylic acids is 1. The van der Waals surface area contributed by atoms with Crippen molar-refractivity contribution in [2.24, 2.45) is 5.41 Å². The molecule has 74 valence electrons. The van der Waals surface area contributed by atoms with Crippen molar-refractivity contribution in [2.45, 2.75) is 26.7 Å². The largest absolute Gasteiger partial charge is 0.294 e. The quantitative estimate of drug-likeness (QED) is 0.676. The Balaban J connectivity index is 2.30. The highest BCUT2D eigenvalue weighted by molar-refractivity contribution is 5.99. The maximum Gasteiger partial charge on any atom is 0.163 e. The molecule has 0 aliphatic heterocycles. The normalized spacial score (nSPS) is 20.7. The molecule has 14 heavy (non-hydrogen) atoms. The lowest BCUT2D eigenvalue weighted by atomic mass is 9.79. The van der Waals surface area contributed by atoms with Crippen LogP contribution in [-0.4, -0.2) is 20.8 Å². The molecule has 0 spiro atoms. The average molecular weight is 191 g/mol. The summed E-state index contributed by atoms with van der Waals surface area (Å²) in [5.41, 5.74) is 0.719. The van der Waals surface area contributed by atoms with Gasteiger partial charge in [-0.15, -0.1) is 5.10 Å². The molecule has 1 aliphatic rings. The van der Waals surface area contributed by atoms with Gasteiger partial charge in [0.05, 0.1) is 12.4 Å². The zero-order chi connectivity index (χ0) is 10.2. The summed E-state index contributed by atoms with van der Waals surface area (Å²) in [5.74, 6) is 0.175. The van der Waals surface area contributed by atoms with Crippen LogP contribution in [0.2, 0.25) is 0 Å². The molecule has 0 aromatic carbocycles. The monoisotopic (exact) mass is 191 g/mol. The van der Waals surface area contributed by atoms with Crippen molar-refractivity contribution < 1.29 is 4.79 Å². The first kappa shape index (κ1) is 9.12. The van der Waals surface area contributed by atoms with Crippen LogP contribution in [0.3, 0.4) is 0 Å². The van der Waals surface area contributed by atoms with E-state index in [1.165, 1.54) is 0 Å². The summed E-state index contributed by atoms with van der Waals surface area (Å²) >= 11 is 0. The van der Waals surface area contributed by atoms with E-state index in [4.69, 9.17) is 0 Å². The summed E-state index contributed by atoms with van der Waals surface area (Å²) in [6, 6.07) is 0. The van der Waals surface area contributed by atoms with Crippen LogP contribution < -0.4 is 0 Å². The van der Waals surface area contributed by atoms with E-state index in [9.17, 15) is 4.79 Å². The van der Waals surface area contributed by atoms with E-state index in [0.717, 1.165) is 18.5 Å². The van der Waals surface area contributed by atoms with Crippen LogP contribution >= 0.6 is 0 Å². The molecule has 0 saturated heterocycles. The lowest BCUT2D eigenvalue weighted by molar-refractivity contribution is -0.122. The summed E-state index contributed by atoms with van der Waals surface area (Å²) in [7, 11) is 0. The second kappa shape index (κ2) is 3.04. The molecular weight excluding hydrogens is 178 g/mol. The Morgan fingerprint density at radius 3 is 2.86 bits per heavy atom. The fourth-order valence-corrected chi connectivity index (χ4v) is 1.52. The van der Waals surface area contributed by atoms with Gasteiger partial charge in [0.25, 0.3) is 0 Å². The highest BCUT2D eigenvalue weighted by atomic mass is 16.1. The first-order valence-electron chi connectivity index (χ1n) is 4.71. The minimum atomic E-state index is -0.218. The molecule has 1 aromatic heterocycles. The minimum Gasteiger partial charge on any atom is -0.294 e. The fraction of sp³-hybridized carbons (Fsp3) is 0.500. The molecule has 1 aromatic rings. The minimum absolute atomic E-state index is 0.175. The third-order valence-electron chi connectivity index (χ3n) is 2.69. The summed E-state index contributed by atoms with van der Waals surface area (Å²) < 4.78 is 1.66. The summed E-state index contributed by atoms with van der Waals surface area (Å²) in [5, 5.41) is 7.59. The molecule has 2 rings (SSSR count). The molecule has 4 heteroatoms.